The van der Waals surface area contributed by atoms with E-state index in [0.717, 1.165) is 13.0 Å². The Bertz CT molecular complexity index is 496. The van der Waals surface area contributed by atoms with Crippen LogP contribution in [-0.4, -0.2) is 11.1 Å². The van der Waals surface area contributed by atoms with Gasteiger partial charge in [0.25, 0.3) is 0 Å². The molecule has 78 valence electrons. The second-order valence-electron chi connectivity index (χ2n) is 4.24. The molecule has 0 spiro atoms. The van der Waals surface area contributed by atoms with Crippen molar-refractivity contribution in [1.82, 2.24) is 4.57 Å². The normalized spacial score (nSPS) is 14.7. The number of hydrogen-bond donors (Lipinski definition) is 1. The Morgan fingerprint density at radius 2 is 2.13 bits per heavy atom. The van der Waals surface area contributed by atoms with Gasteiger partial charge in [0.2, 0.25) is 0 Å². The molecule has 0 amide bonds. The van der Waals surface area contributed by atoms with E-state index in [-0.39, 0.29) is 0 Å². The molecule has 0 saturated carbocycles. The predicted molar refractivity (Wildman–Crippen MR) is 63.0 cm³/mol. The molecule has 1 aliphatic rings. The SMILES string of the molecule is NCCc1c2n(c3ccccc13)CCC2. The molecule has 0 atom stereocenters. The van der Waals surface area contributed by atoms with E-state index in [1.807, 2.05) is 0 Å². The van der Waals surface area contributed by atoms with E-state index in [4.69, 9.17) is 5.73 Å². The summed E-state index contributed by atoms with van der Waals surface area (Å²) < 4.78 is 2.47. The summed E-state index contributed by atoms with van der Waals surface area (Å²) >= 11 is 0. The van der Waals surface area contributed by atoms with Gasteiger partial charge < -0.3 is 10.3 Å². The van der Waals surface area contributed by atoms with Gasteiger partial charge in [-0.15, -0.1) is 0 Å². The molecule has 2 nitrogen and oxygen atoms in total. The Morgan fingerprint density at radius 3 is 3.00 bits per heavy atom. The van der Waals surface area contributed by atoms with Gasteiger partial charge in [-0.25, -0.2) is 0 Å². The summed E-state index contributed by atoms with van der Waals surface area (Å²) in [5.74, 6) is 0. The quantitative estimate of drug-likeness (QED) is 0.790. The number of aromatic nitrogens is 1. The number of fused-ring (bicyclic) bond motifs is 3. The monoisotopic (exact) mass is 200 g/mol. The summed E-state index contributed by atoms with van der Waals surface area (Å²) in [5, 5.41) is 1.41. The summed E-state index contributed by atoms with van der Waals surface area (Å²) in [6.45, 7) is 1.93. The Labute approximate surface area is 89.7 Å². The van der Waals surface area contributed by atoms with Crippen molar-refractivity contribution in [1.29, 1.82) is 0 Å². The molecule has 1 aliphatic heterocycles. The fourth-order valence-corrected chi connectivity index (χ4v) is 2.80. The largest absolute Gasteiger partial charge is 0.344 e. The van der Waals surface area contributed by atoms with Crippen molar-refractivity contribution in [2.45, 2.75) is 25.8 Å². The number of rotatable bonds is 2. The molecule has 0 unspecified atom stereocenters. The highest BCUT2D eigenvalue weighted by molar-refractivity contribution is 5.86. The first-order chi connectivity index (χ1) is 7.42. The van der Waals surface area contributed by atoms with Gasteiger partial charge in [-0.3, -0.25) is 0 Å². The molecule has 1 aromatic carbocycles. The summed E-state index contributed by atoms with van der Waals surface area (Å²) in [4.78, 5) is 0. The summed E-state index contributed by atoms with van der Waals surface area (Å²) in [7, 11) is 0. The Kier molecular flexibility index (Phi) is 2.03. The Hall–Kier alpha value is -1.28. The van der Waals surface area contributed by atoms with E-state index in [9.17, 15) is 0 Å². The van der Waals surface area contributed by atoms with Crippen molar-refractivity contribution in [3.63, 3.8) is 0 Å². The molecule has 0 radical (unpaired) electrons. The third-order valence-electron chi connectivity index (χ3n) is 3.38. The zero-order valence-electron chi connectivity index (χ0n) is 8.87. The Balaban J connectivity index is 2.31. The zero-order chi connectivity index (χ0) is 10.3. The van der Waals surface area contributed by atoms with E-state index < -0.39 is 0 Å². The molecule has 1 aromatic heterocycles. The lowest BCUT2D eigenvalue weighted by Gasteiger charge is -1.99. The second-order valence-corrected chi connectivity index (χ2v) is 4.24. The highest BCUT2D eigenvalue weighted by Crippen LogP contribution is 2.31. The van der Waals surface area contributed by atoms with E-state index in [1.54, 1.807) is 0 Å². The molecule has 2 heterocycles. The minimum absolute atomic E-state index is 0.751. The minimum atomic E-state index is 0.751. The van der Waals surface area contributed by atoms with Gasteiger partial charge in [0, 0.05) is 23.1 Å². The van der Waals surface area contributed by atoms with Gasteiger partial charge in [-0.1, -0.05) is 18.2 Å². The summed E-state index contributed by atoms with van der Waals surface area (Å²) in [6, 6.07) is 8.70. The molecule has 0 bridgehead atoms. The molecular formula is C13H16N2. The van der Waals surface area contributed by atoms with Gasteiger partial charge in [0.05, 0.1) is 0 Å². The number of nitrogens with two attached hydrogens (primary N) is 1. The molecule has 0 fully saturated rings. The first-order valence-electron chi connectivity index (χ1n) is 5.71. The molecule has 15 heavy (non-hydrogen) atoms. The highest BCUT2D eigenvalue weighted by Gasteiger charge is 2.19. The van der Waals surface area contributed by atoms with E-state index >= 15 is 0 Å². The van der Waals surface area contributed by atoms with Crippen molar-refractivity contribution >= 4 is 10.9 Å². The fourth-order valence-electron chi connectivity index (χ4n) is 2.80. The van der Waals surface area contributed by atoms with Crippen LogP contribution < -0.4 is 5.73 Å². The summed E-state index contributed by atoms with van der Waals surface area (Å²) in [5.41, 5.74) is 10.1. The average Bonchev–Trinajstić information content (AvgIpc) is 2.82. The zero-order valence-corrected chi connectivity index (χ0v) is 8.87. The first kappa shape index (κ1) is 8.98. The van der Waals surface area contributed by atoms with Crippen LogP contribution >= 0.6 is 0 Å². The fraction of sp³-hybridized carbons (Fsp3) is 0.385. The van der Waals surface area contributed by atoms with E-state index in [2.05, 4.69) is 28.8 Å². The first-order valence-corrected chi connectivity index (χ1v) is 5.71. The minimum Gasteiger partial charge on any atom is -0.344 e. The summed E-state index contributed by atoms with van der Waals surface area (Å²) in [6.07, 6.45) is 3.53. The topological polar surface area (TPSA) is 30.9 Å². The second kappa shape index (κ2) is 3.38. The van der Waals surface area contributed by atoms with Crippen molar-refractivity contribution in [2.24, 2.45) is 5.73 Å². The average molecular weight is 200 g/mol. The van der Waals surface area contributed by atoms with E-state index in [1.165, 1.54) is 41.5 Å². The third-order valence-corrected chi connectivity index (χ3v) is 3.38. The van der Waals surface area contributed by atoms with Crippen molar-refractivity contribution in [2.75, 3.05) is 6.54 Å². The van der Waals surface area contributed by atoms with Crippen LogP contribution in [0.25, 0.3) is 10.9 Å². The smallest absolute Gasteiger partial charge is 0.0485 e. The number of hydrogen-bond acceptors (Lipinski definition) is 1. The number of benzene rings is 1. The van der Waals surface area contributed by atoms with Gasteiger partial charge in [0.1, 0.15) is 0 Å². The molecule has 2 heteroatoms. The van der Waals surface area contributed by atoms with Crippen LogP contribution in [0.3, 0.4) is 0 Å². The molecule has 2 aromatic rings. The van der Waals surface area contributed by atoms with E-state index in [0.29, 0.717) is 0 Å². The Morgan fingerprint density at radius 1 is 1.27 bits per heavy atom. The number of para-hydroxylation sites is 1. The van der Waals surface area contributed by atoms with Crippen LogP contribution in [0.4, 0.5) is 0 Å². The lowest BCUT2D eigenvalue weighted by molar-refractivity contribution is 0.772. The van der Waals surface area contributed by atoms with Crippen molar-refractivity contribution in [3.8, 4) is 0 Å². The number of aryl methyl sites for hydroxylation is 1. The van der Waals surface area contributed by atoms with Crippen molar-refractivity contribution < 1.29 is 0 Å². The van der Waals surface area contributed by atoms with Crippen molar-refractivity contribution in [3.05, 3.63) is 35.5 Å². The van der Waals surface area contributed by atoms with Crippen LogP contribution in [0.15, 0.2) is 24.3 Å². The van der Waals surface area contributed by atoms with Gasteiger partial charge in [-0.2, -0.15) is 0 Å². The lowest BCUT2D eigenvalue weighted by Crippen LogP contribution is -2.04. The van der Waals surface area contributed by atoms with Crippen LogP contribution in [0, 0.1) is 0 Å². The highest BCUT2D eigenvalue weighted by atomic mass is 15.0. The number of nitrogens with zero attached hydrogens (tertiary/aromatic N) is 1. The van der Waals surface area contributed by atoms with Crippen LogP contribution in [0.2, 0.25) is 0 Å². The maximum atomic E-state index is 5.70. The standard InChI is InChI=1S/C13H16N2/c14-8-7-11-10-4-1-2-5-12(10)15-9-3-6-13(11)15/h1-2,4-5H,3,6-9,14H2. The molecule has 2 N–H and O–H groups in total. The maximum Gasteiger partial charge on any atom is 0.0485 e. The maximum absolute atomic E-state index is 5.70. The van der Waals surface area contributed by atoms with Gasteiger partial charge >= 0.3 is 0 Å². The third kappa shape index (κ3) is 1.21. The van der Waals surface area contributed by atoms with Crippen LogP contribution in [0.5, 0.6) is 0 Å². The van der Waals surface area contributed by atoms with Crippen LogP contribution in [0.1, 0.15) is 17.7 Å². The lowest BCUT2D eigenvalue weighted by atomic mass is 10.1. The molecule has 3 rings (SSSR count). The van der Waals surface area contributed by atoms with Gasteiger partial charge in [-0.05, 0) is 37.4 Å². The molecule has 0 saturated heterocycles. The molecule has 0 aliphatic carbocycles. The molecular weight excluding hydrogens is 184 g/mol. The van der Waals surface area contributed by atoms with Crippen LogP contribution in [-0.2, 0) is 19.4 Å². The van der Waals surface area contributed by atoms with Gasteiger partial charge in [0.15, 0.2) is 0 Å². The predicted octanol–water partition coefficient (Wildman–Crippen LogP) is 2.09.